The lowest BCUT2D eigenvalue weighted by molar-refractivity contribution is -0.139. The SMILES string of the molecule is COC(=O)CNC(=O)c1cc(F)cc2[nH]c(=S)[nH]c12. The maximum absolute atomic E-state index is 13.4. The number of hydrogen-bond acceptors (Lipinski definition) is 4. The Kier molecular flexibility index (Phi) is 3.61. The number of carbonyl (C=O) groups is 2. The van der Waals surface area contributed by atoms with Crippen molar-refractivity contribution >= 4 is 35.1 Å². The van der Waals surface area contributed by atoms with E-state index >= 15 is 0 Å². The second kappa shape index (κ2) is 5.19. The lowest BCUT2D eigenvalue weighted by Crippen LogP contribution is -2.30. The van der Waals surface area contributed by atoms with Crippen LogP contribution in [0, 0.1) is 10.6 Å². The van der Waals surface area contributed by atoms with Crippen LogP contribution in [0.1, 0.15) is 10.4 Å². The number of ether oxygens (including phenoxy) is 1. The molecule has 3 N–H and O–H groups in total. The van der Waals surface area contributed by atoms with Crippen molar-refractivity contribution in [3.05, 3.63) is 28.3 Å². The number of halogens is 1. The van der Waals surface area contributed by atoms with Gasteiger partial charge in [-0.3, -0.25) is 9.59 Å². The molecule has 0 atom stereocenters. The molecule has 100 valence electrons. The Bertz CT molecular complexity index is 707. The molecular formula is C11H10FN3O3S. The third-order valence-corrected chi connectivity index (χ3v) is 2.66. The molecule has 0 aliphatic carbocycles. The molecule has 0 aliphatic heterocycles. The molecule has 2 rings (SSSR count). The van der Waals surface area contributed by atoms with E-state index in [1.54, 1.807) is 0 Å². The summed E-state index contributed by atoms with van der Waals surface area (Å²) >= 11 is 4.89. The number of methoxy groups -OCH3 is 1. The summed E-state index contributed by atoms with van der Waals surface area (Å²) in [5.41, 5.74) is 0.827. The summed E-state index contributed by atoms with van der Waals surface area (Å²) in [5.74, 6) is -1.77. The number of fused-ring (bicyclic) bond motifs is 1. The molecule has 0 saturated heterocycles. The van der Waals surface area contributed by atoms with E-state index in [1.807, 2.05) is 0 Å². The van der Waals surface area contributed by atoms with Gasteiger partial charge in [0.15, 0.2) is 4.77 Å². The molecule has 1 amide bonds. The minimum absolute atomic E-state index is 0.0613. The molecule has 0 saturated carbocycles. The van der Waals surface area contributed by atoms with Crippen molar-refractivity contribution in [3.8, 4) is 0 Å². The molecule has 1 aromatic carbocycles. The van der Waals surface area contributed by atoms with E-state index < -0.39 is 17.7 Å². The number of esters is 1. The number of aromatic nitrogens is 2. The van der Waals surface area contributed by atoms with Crippen LogP contribution in [0.15, 0.2) is 12.1 Å². The summed E-state index contributed by atoms with van der Waals surface area (Å²) in [6.45, 7) is -0.293. The van der Waals surface area contributed by atoms with Crippen LogP contribution >= 0.6 is 12.2 Å². The van der Waals surface area contributed by atoms with Crippen LogP contribution in [-0.2, 0) is 9.53 Å². The number of rotatable bonds is 3. The topological polar surface area (TPSA) is 87.0 Å². The van der Waals surface area contributed by atoms with Gasteiger partial charge in [0.1, 0.15) is 12.4 Å². The number of carbonyl (C=O) groups excluding carboxylic acids is 2. The van der Waals surface area contributed by atoms with E-state index in [9.17, 15) is 14.0 Å². The second-order valence-electron chi connectivity index (χ2n) is 3.71. The molecule has 0 aliphatic rings. The lowest BCUT2D eigenvalue weighted by atomic mass is 10.1. The van der Waals surface area contributed by atoms with Gasteiger partial charge in [-0.25, -0.2) is 4.39 Å². The van der Waals surface area contributed by atoms with Gasteiger partial charge < -0.3 is 20.0 Å². The largest absolute Gasteiger partial charge is 0.468 e. The maximum atomic E-state index is 13.4. The van der Waals surface area contributed by atoms with Crippen LogP contribution in [0.3, 0.4) is 0 Å². The van der Waals surface area contributed by atoms with E-state index in [0.29, 0.717) is 11.0 Å². The molecule has 0 bridgehead atoms. The maximum Gasteiger partial charge on any atom is 0.325 e. The van der Waals surface area contributed by atoms with E-state index in [-0.39, 0.29) is 16.9 Å². The van der Waals surface area contributed by atoms with Gasteiger partial charge in [-0.1, -0.05) is 0 Å². The molecule has 6 nitrogen and oxygen atoms in total. The fourth-order valence-corrected chi connectivity index (χ4v) is 1.82. The van der Waals surface area contributed by atoms with Crippen LogP contribution in [-0.4, -0.2) is 35.5 Å². The highest BCUT2D eigenvalue weighted by Gasteiger charge is 2.14. The van der Waals surface area contributed by atoms with E-state index in [0.717, 1.165) is 6.07 Å². The quantitative estimate of drug-likeness (QED) is 0.585. The molecule has 2 aromatic rings. The van der Waals surface area contributed by atoms with Crippen molar-refractivity contribution < 1.29 is 18.7 Å². The van der Waals surface area contributed by atoms with Gasteiger partial charge in [-0.2, -0.15) is 0 Å². The van der Waals surface area contributed by atoms with Crippen molar-refractivity contribution in [2.75, 3.05) is 13.7 Å². The Morgan fingerprint density at radius 1 is 1.42 bits per heavy atom. The summed E-state index contributed by atoms with van der Waals surface area (Å²) in [6.07, 6.45) is 0. The summed E-state index contributed by atoms with van der Waals surface area (Å²) in [4.78, 5) is 28.3. The molecule has 0 unspecified atom stereocenters. The predicted molar refractivity (Wildman–Crippen MR) is 67.8 cm³/mol. The first kappa shape index (κ1) is 13.2. The third-order valence-electron chi connectivity index (χ3n) is 2.46. The van der Waals surface area contributed by atoms with Crippen molar-refractivity contribution in [2.24, 2.45) is 0 Å². The number of nitrogens with one attached hydrogen (secondary N) is 3. The Labute approximate surface area is 112 Å². The average Bonchev–Trinajstić information content (AvgIpc) is 2.74. The zero-order valence-corrected chi connectivity index (χ0v) is 10.7. The third kappa shape index (κ3) is 2.79. The van der Waals surface area contributed by atoms with E-state index in [1.165, 1.54) is 13.2 Å². The molecule has 0 fully saturated rings. The Hall–Kier alpha value is -2.22. The number of H-pyrrole nitrogens is 2. The van der Waals surface area contributed by atoms with Gasteiger partial charge in [0.05, 0.1) is 23.7 Å². The van der Waals surface area contributed by atoms with Gasteiger partial charge in [-0.15, -0.1) is 0 Å². The van der Waals surface area contributed by atoms with Crippen LogP contribution in [0.25, 0.3) is 11.0 Å². The zero-order valence-electron chi connectivity index (χ0n) is 9.87. The highest BCUT2D eigenvalue weighted by Crippen LogP contribution is 2.17. The number of aromatic amines is 2. The van der Waals surface area contributed by atoms with Crippen molar-refractivity contribution in [1.82, 2.24) is 15.3 Å². The predicted octanol–water partition coefficient (Wildman–Crippen LogP) is 1.27. The number of benzene rings is 1. The highest BCUT2D eigenvalue weighted by atomic mass is 32.1. The normalized spacial score (nSPS) is 10.4. The monoisotopic (exact) mass is 283 g/mol. The zero-order chi connectivity index (χ0) is 14.0. The van der Waals surface area contributed by atoms with E-state index in [2.05, 4.69) is 20.0 Å². The second-order valence-corrected chi connectivity index (χ2v) is 4.12. The number of imidazole rings is 1. The van der Waals surface area contributed by atoms with E-state index in [4.69, 9.17) is 12.2 Å². The molecular weight excluding hydrogens is 273 g/mol. The van der Waals surface area contributed by atoms with Gasteiger partial charge >= 0.3 is 5.97 Å². The lowest BCUT2D eigenvalue weighted by Gasteiger charge is -2.05. The van der Waals surface area contributed by atoms with Crippen molar-refractivity contribution in [1.29, 1.82) is 0 Å². The first-order valence-electron chi connectivity index (χ1n) is 5.28. The Balaban J connectivity index is 2.35. The fraction of sp³-hybridized carbons (Fsp3) is 0.182. The molecule has 0 spiro atoms. The fourth-order valence-electron chi connectivity index (χ4n) is 1.61. The molecule has 1 aromatic heterocycles. The van der Waals surface area contributed by atoms with Crippen LogP contribution in [0.5, 0.6) is 0 Å². The molecule has 8 heteroatoms. The minimum Gasteiger partial charge on any atom is -0.468 e. The first-order valence-corrected chi connectivity index (χ1v) is 5.68. The smallest absolute Gasteiger partial charge is 0.325 e. The molecule has 19 heavy (non-hydrogen) atoms. The first-order chi connectivity index (χ1) is 9.01. The van der Waals surface area contributed by atoms with Gasteiger partial charge in [-0.05, 0) is 24.4 Å². The summed E-state index contributed by atoms with van der Waals surface area (Å²) in [7, 11) is 1.21. The Morgan fingerprint density at radius 3 is 2.84 bits per heavy atom. The summed E-state index contributed by atoms with van der Waals surface area (Å²) < 4.78 is 18.1. The Morgan fingerprint density at radius 2 is 2.16 bits per heavy atom. The average molecular weight is 283 g/mol. The molecule has 1 heterocycles. The van der Waals surface area contributed by atoms with Crippen LogP contribution < -0.4 is 5.32 Å². The number of hydrogen-bond donors (Lipinski definition) is 3. The van der Waals surface area contributed by atoms with Gasteiger partial charge in [0.25, 0.3) is 5.91 Å². The van der Waals surface area contributed by atoms with Crippen LogP contribution in [0.2, 0.25) is 0 Å². The van der Waals surface area contributed by atoms with Crippen molar-refractivity contribution in [3.63, 3.8) is 0 Å². The standard InChI is InChI=1S/C11H10FN3O3S/c1-18-8(16)4-13-10(17)6-2-5(12)3-7-9(6)15-11(19)14-7/h2-3H,4H2,1H3,(H,13,17)(H2,14,15,19). The molecule has 0 radical (unpaired) electrons. The highest BCUT2D eigenvalue weighted by molar-refractivity contribution is 7.71. The van der Waals surface area contributed by atoms with Crippen molar-refractivity contribution in [2.45, 2.75) is 0 Å². The summed E-state index contributed by atoms with van der Waals surface area (Å²) in [6, 6.07) is 2.28. The summed E-state index contributed by atoms with van der Waals surface area (Å²) in [5, 5.41) is 2.33. The van der Waals surface area contributed by atoms with Crippen LogP contribution in [0.4, 0.5) is 4.39 Å². The number of amides is 1. The van der Waals surface area contributed by atoms with Gasteiger partial charge in [0.2, 0.25) is 0 Å². The van der Waals surface area contributed by atoms with Gasteiger partial charge in [0, 0.05) is 0 Å². The minimum atomic E-state index is -0.597.